The van der Waals surface area contributed by atoms with Crippen molar-refractivity contribution in [2.45, 2.75) is 38.8 Å². The highest BCUT2D eigenvalue weighted by atomic mass is 16.2. The second-order valence-corrected chi connectivity index (χ2v) is 8.86. The van der Waals surface area contributed by atoms with Crippen LogP contribution in [0.3, 0.4) is 0 Å². The van der Waals surface area contributed by atoms with Gasteiger partial charge in [0.25, 0.3) is 0 Å². The molecule has 166 valence electrons. The van der Waals surface area contributed by atoms with Crippen molar-refractivity contribution in [3.63, 3.8) is 0 Å². The van der Waals surface area contributed by atoms with Crippen LogP contribution in [-0.2, 0) is 17.8 Å². The first kappa shape index (κ1) is 21.0. The summed E-state index contributed by atoms with van der Waals surface area (Å²) in [6, 6.07) is 16.1. The van der Waals surface area contributed by atoms with E-state index in [-0.39, 0.29) is 11.9 Å². The lowest BCUT2D eigenvalue weighted by Crippen LogP contribution is -2.34. The standard InChI is InChI=1S/C26H26N6O/c1-18-11-21(17-32(18)26(33)8-5-19-3-2-4-20(12-19)13-27)16-31-10-9-24-25(31)7-6-23(30-24)22-14-28-29-15-22/h2-4,6-7,9-10,12,14-15,18,21H,5,8,11,16-17H2,1H3,(H,28,29)/t18-,21?/m0/s1. The lowest BCUT2D eigenvalue weighted by atomic mass is 10.1. The Morgan fingerprint density at radius 2 is 2.18 bits per heavy atom. The number of fused-ring (bicyclic) bond motifs is 1. The Labute approximate surface area is 192 Å². The van der Waals surface area contributed by atoms with Crippen LogP contribution < -0.4 is 0 Å². The van der Waals surface area contributed by atoms with Gasteiger partial charge in [0.15, 0.2) is 0 Å². The fourth-order valence-electron chi connectivity index (χ4n) is 4.88. The highest BCUT2D eigenvalue weighted by Gasteiger charge is 2.32. The first-order valence-electron chi connectivity index (χ1n) is 11.3. The zero-order valence-electron chi connectivity index (χ0n) is 18.6. The number of aromatic amines is 1. The zero-order chi connectivity index (χ0) is 22.8. The summed E-state index contributed by atoms with van der Waals surface area (Å²) in [5.74, 6) is 0.603. The molecule has 2 atom stereocenters. The quantitative estimate of drug-likeness (QED) is 0.489. The van der Waals surface area contributed by atoms with Crippen molar-refractivity contribution < 1.29 is 4.79 Å². The normalized spacial score (nSPS) is 18.0. The molecule has 33 heavy (non-hydrogen) atoms. The molecule has 0 saturated carbocycles. The molecule has 1 amide bonds. The van der Waals surface area contributed by atoms with Gasteiger partial charge in [0.1, 0.15) is 0 Å². The molecule has 0 radical (unpaired) electrons. The Morgan fingerprint density at radius 3 is 3.00 bits per heavy atom. The third kappa shape index (κ3) is 4.37. The molecule has 1 aliphatic heterocycles. The largest absolute Gasteiger partial charge is 0.346 e. The summed E-state index contributed by atoms with van der Waals surface area (Å²) >= 11 is 0. The van der Waals surface area contributed by atoms with Crippen LogP contribution in [0.4, 0.5) is 0 Å². The number of amides is 1. The van der Waals surface area contributed by atoms with Crippen molar-refractivity contribution in [2.24, 2.45) is 5.92 Å². The van der Waals surface area contributed by atoms with Gasteiger partial charge in [0.2, 0.25) is 5.91 Å². The first-order valence-corrected chi connectivity index (χ1v) is 11.3. The number of H-pyrrole nitrogens is 1. The maximum Gasteiger partial charge on any atom is 0.223 e. The summed E-state index contributed by atoms with van der Waals surface area (Å²) in [5, 5.41) is 15.9. The molecule has 3 aromatic heterocycles. The van der Waals surface area contributed by atoms with Gasteiger partial charge < -0.3 is 9.47 Å². The fourth-order valence-corrected chi connectivity index (χ4v) is 4.88. The minimum atomic E-state index is 0.191. The van der Waals surface area contributed by atoms with Gasteiger partial charge in [-0.05, 0) is 61.6 Å². The molecule has 1 saturated heterocycles. The van der Waals surface area contributed by atoms with Gasteiger partial charge in [-0.1, -0.05) is 12.1 Å². The highest BCUT2D eigenvalue weighted by Crippen LogP contribution is 2.28. The monoisotopic (exact) mass is 438 g/mol. The number of nitrogens with zero attached hydrogens (tertiary/aromatic N) is 5. The van der Waals surface area contributed by atoms with Crippen LogP contribution in [0.15, 0.2) is 61.1 Å². The molecule has 1 fully saturated rings. The number of carbonyl (C=O) groups is 1. The number of nitriles is 1. The SMILES string of the molecule is C[C@H]1CC(Cn2ccc3nc(-c4cn[nH]c4)ccc32)CN1C(=O)CCc1cccc(C#N)c1. The van der Waals surface area contributed by atoms with Gasteiger partial charge >= 0.3 is 0 Å². The number of aromatic nitrogens is 4. The molecule has 1 N–H and O–H groups in total. The van der Waals surface area contributed by atoms with Crippen LogP contribution in [-0.4, -0.2) is 43.1 Å². The van der Waals surface area contributed by atoms with E-state index >= 15 is 0 Å². The molecule has 0 spiro atoms. The Hall–Kier alpha value is -3.92. The van der Waals surface area contributed by atoms with Crippen molar-refractivity contribution in [1.29, 1.82) is 5.26 Å². The van der Waals surface area contributed by atoms with E-state index in [9.17, 15) is 4.79 Å². The van der Waals surface area contributed by atoms with Crippen LogP contribution in [0.1, 0.15) is 30.9 Å². The molecule has 1 aromatic carbocycles. The van der Waals surface area contributed by atoms with E-state index < -0.39 is 0 Å². The van der Waals surface area contributed by atoms with Gasteiger partial charge in [0, 0.05) is 43.5 Å². The minimum Gasteiger partial charge on any atom is -0.346 e. The molecule has 7 heteroatoms. The first-order chi connectivity index (χ1) is 16.1. The Balaban J connectivity index is 1.22. The number of carbonyl (C=O) groups excluding carboxylic acids is 1. The number of likely N-dealkylation sites (tertiary alicyclic amines) is 1. The zero-order valence-corrected chi connectivity index (χ0v) is 18.6. The molecule has 5 rings (SSSR count). The van der Waals surface area contributed by atoms with Crippen LogP contribution in [0.2, 0.25) is 0 Å². The minimum absolute atomic E-state index is 0.191. The summed E-state index contributed by atoms with van der Waals surface area (Å²) in [6.07, 6.45) is 7.84. The average molecular weight is 439 g/mol. The summed E-state index contributed by atoms with van der Waals surface area (Å²) in [4.78, 5) is 19.7. The molecule has 1 unspecified atom stereocenters. The number of nitrogens with one attached hydrogen (secondary N) is 1. The summed E-state index contributed by atoms with van der Waals surface area (Å²) in [6.45, 7) is 3.79. The second kappa shape index (κ2) is 8.91. The van der Waals surface area contributed by atoms with Crippen LogP contribution in [0.25, 0.3) is 22.3 Å². The molecule has 1 aliphatic rings. The molecular weight excluding hydrogens is 412 g/mol. The molecule has 0 bridgehead atoms. The fraction of sp³-hybridized carbons (Fsp3) is 0.308. The predicted molar refractivity (Wildman–Crippen MR) is 126 cm³/mol. The number of rotatable bonds is 6. The Morgan fingerprint density at radius 1 is 1.27 bits per heavy atom. The molecular formula is C26H26N6O. The maximum absolute atomic E-state index is 12.9. The Kier molecular flexibility index (Phi) is 5.66. The third-order valence-corrected chi connectivity index (χ3v) is 6.54. The van der Waals surface area contributed by atoms with Crippen LogP contribution >= 0.6 is 0 Å². The summed E-state index contributed by atoms with van der Waals surface area (Å²) < 4.78 is 2.25. The van der Waals surface area contributed by atoms with Crippen molar-refractivity contribution in [2.75, 3.05) is 6.54 Å². The van der Waals surface area contributed by atoms with Crippen molar-refractivity contribution in [3.05, 3.63) is 72.2 Å². The van der Waals surface area contributed by atoms with Gasteiger partial charge in [0.05, 0.1) is 34.6 Å². The lowest BCUT2D eigenvalue weighted by molar-refractivity contribution is -0.131. The topological polar surface area (TPSA) is 90.6 Å². The average Bonchev–Trinajstić information content (AvgIpc) is 3.58. The van der Waals surface area contributed by atoms with E-state index in [1.165, 1.54) is 0 Å². The molecule has 7 nitrogen and oxygen atoms in total. The smallest absolute Gasteiger partial charge is 0.223 e. The van der Waals surface area contributed by atoms with Crippen LogP contribution in [0.5, 0.6) is 0 Å². The van der Waals surface area contributed by atoms with E-state index in [0.29, 0.717) is 24.3 Å². The summed E-state index contributed by atoms with van der Waals surface area (Å²) in [5.41, 5.74) is 5.62. The molecule has 0 aliphatic carbocycles. The number of aryl methyl sites for hydroxylation is 1. The molecule has 4 aromatic rings. The van der Waals surface area contributed by atoms with Gasteiger partial charge in [-0.15, -0.1) is 0 Å². The summed E-state index contributed by atoms with van der Waals surface area (Å²) in [7, 11) is 0. The number of benzene rings is 1. The highest BCUT2D eigenvalue weighted by molar-refractivity contribution is 5.79. The van der Waals surface area contributed by atoms with E-state index in [4.69, 9.17) is 10.2 Å². The van der Waals surface area contributed by atoms with E-state index in [1.807, 2.05) is 35.4 Å². The van der Waals surface area contributed by atoms with Crippen molar-refractivity contribution in [1.82, 2.24) is 24.6 Å². The maximum atomic E-state index is 12.9. The van der Waals surface area contributed by atoms with Gasteiger partial charge in [-0.25, -0.2) is 4.98 Å². The second-order valence-electron chi connectivity index (χ2n) is 8.86. The van der Waals surface area contributed by atoms with E-state index in [1.54, 1.807) is 12.3 Å². The third-order valence-electron chi connectivity index (χ3n) is 6.54. The van der Waals surface area contributed by atoms with Crippen molar-refractivity contribution >= 4 is 16.9 Å². The lowest BCUT2D eigenvalue weighted by Gasteiger charge is -2.21. The van der Waals surface area contributed by atoms with E-state index in [2.05, 4.69) is 46.1 Å². The number of hydrogen-bond acceptors (Lipinski definition) is 4. The Bertz CT molecular complexity index is 1320. The van der Waals surface area contributed by atoms with E-state index in [0.717, 1.165) is 47.4 Å². The number of hydrogen-bond donors (Lipinski definition) is 1. The molecule has 4 heterocycles. The van der Waals surface area contributed by atoms with Gasteiger partial charge in [-0.2, -0.15) is 10.4 Å². The van der Waals surface area contributed by atoms with Gasteiger partial charge in [-0.3, -0.25) is 9.89 Å². The van der Waals surface area contributed by atoms with Crippen LogP contribution in [0, 0.1) is 17.2 Å². The van der Waals surface area contributed by atoms with Crippen molar-refractivity contribution in [3.8, 4) is 17.3 Å². The number of pyridine rings is 1. The predicted octanol–water partition coefficient (Wildman–Crippen LogP) is 4.17.